The number of aromatic nitrogens is 1. The van der Waals surface area contributed by atoms with Gasteiger partial charge in [0.2, 0.25) is 0 Å². The van der Waals surface area contributed by atoms with Crippen LogP contribution in [0.15, 0.2) is 23.3 Å². The number of esters is 1. The number of hydrogen-bond donors (Lipinski definition) is 1. The van der Waals surface area contributed by atoms with Gasteiger partial charge in [0, 0.05) is 35.6 Å². The van der Waals surface area contributed by atoms with Crippen molar-refractivity contribution in [3.05, 3.63) is 57.1 Å². The van der Waals surface area contributed by atoms with E-state index in [1.54, 1.807) is 6.92 Å². The van der Waals surface area contributed by atoms with Crippen molar-refractivity contribution in [1.82, 2.24) is 9.88 Å². The summed E-state index contributed by atoms with van der Waals surface area (Å²) in [6, 6.07) is 1.51. The van der Waals surface area contributed by atoms with Crippen molar-refractivity contribution >= 4 is 22.6 Å². The summed E-state index contributed by atoms with van der Waals surface area (Å²) in [6.07, 6.45) is 3.78. The third-order valence-corrected chi connectivity index (χ3v) is 7.48. The number of hydrogen-bond acceptors (Lipinski definition) is 5. The lowest BCUT2D eigenvalue weighted by atomic mass is 9.82. The van der Waals surface area contributed by atoms with Gasteiger partial charge in [-0.3, -0.25) is 0 Å². The van der Waals surface area contributed by atoms with Crippen LogP contribution in [-0.4, -0.2) is 44.5 Å². The first-order chi connectivity index (χ1) is 14.8. The number of halogens is 1. The molecule has 6 rings (SSSR count). The molecule has 4 aliphatic rings. The van der Waals surface area contributed by atoms with E-state index in [9.17, 15) is 14.3 Å². The van der Waals surface area contributed by atoms with Gasteiger partial charge in [-0.1, -0.05) is 6.92 Å². The average Bonchev–Trinajstić information content (AvgIpc) is 3.14. The van der Waals surface area contributed by atoms with E-state index < -0.39 is 17.8 Å². The van der Waals surface area contributed by atoms with Crippen LogP contribution < -0.4 is 0 Å². The van der Waals surface area contributed by atoms with Crippen molar-refractivity contribution in [1.29, 1.82) is 0 Å². The van der Waals surface area contributed by atoms with E-state index in [1.807, 2.05) is 17.9 Å². The van der Waals surface area contributed by atoms with E-state index in [0.29, 0.717) is 34.5 Å². The summed E-state index contributed by atoms with van der Waals surface area (Å²) < 4.78 is 19.9. The van der Waals surface area contributed by atoms with E-state index in [2.05, 4.69) is 0 Å². The minimum atomic E-state index is -1.54. The number of aryl methyl sites for hydroxylation is 2. The van der Waals surface area contributed by atoms with Gasteiger partial charge >= 0.3 is 5.97 Å². The second kappa shape index (κ2) is 6.14. The maximum absolute atomic E-state index is 14.6. The maximum Gasteiger partial charge on any atom is 0.395 e. The Balaban J connectivity index is 1.62. The van der Waals surface area contributed by atoms with Gasteiger partial charge < -0.3 is 19.8 Å². The van der Waals surface area contributed by atoms with Crippen molar-refractivity contribution in [2.24, 2.45) is 0 Å². The third-order valence-electron chi connectivity index (χ3n) is 7.48. The molecule has 0 bridgehead atoms. The van der Waals surface area contributed by atoms with Crippen LogP contribution in [0.5, 0.6) is 0 Å². The molecule has 2 aromatic rings. The molecular weight excluding hydrogens is 399 g/mol. The van der Waals surface area contributed by atoms with E-state index in [1.165, 1.54) is 11.6 Å². The molecule has 2 atom stereocenters. The lowest BCUT2D eigenvalue weighted by Crippen LogP contribution is -2.50. The molecule has 0 amide bonds. The molecule has 0 radical (unpaired) electrons. The molecule has 0 saturated heterocycles. The molecule has 160 valence electrons. The molecule has 4 heterocycles. The Morgan fingerprint density at radius 2 is 2.13 bits per heavy atom. The number of benzene rings is 1. The smallest absolute Gasteiger partial charge is 0.395 e. The SMILES string of the molecule is CC[C@@]1([OH2+])C(=O)OCC2=C1C=C1c3nc4cc(F)c(C)c5c4c(c3CN1C2O)CCC5. The van der Waals surface area contributed by atoms with Crippen LogP contribution in [0.3, 0.4) is 0 Å². The number of ether oxygens (including phenoxy) is 1. The monoisotopic (exact) mass is 423 g/mol. The molecule has 7 heteroatoms. The predicted octanol–water partition coefficient (Wildman–Crippen LogP) is 2.39. The van der Waals surface area contributed by atoms with Gasteiger partial charge in [0.15, 0.2) is 6.23 Å². The quantitative estimate of drug-likeness (QED) is 0.562. The first kappa shape index (κ1) is 19.0. The van der Waals surface area contributed by atoms with Gasteiger partial charge in [-0.2, -0.15) is 0 Å². The van der Waals surface area contributed by atoms with Crippen molar-refractivity contribution in [3.63, 3.8) is 0 Å². The summed E-state index contributed by atoms with van der Waals surface area (Å²) in [6.45, 7) is 4.09. The van der Waals surface area contributed by atoms with Gasteiger partial charge in [0.25, 0.3) is 5.60 Å². The number of aliphatic hydroxyl groups is 1. The molecule has 3 aliphatic heterocycles. The Morgan fingerprint density at radius 1 is 1.35 bits per heavy atom. The molecule has 6 nitrogen and oxygen atoms in total. The van der Waals surface area contributed by atoms with Crippen LogP contribution in [0.2, 0.25) is 0 Å². The van der Waals surface area contributed by atoms with Gasteiger partial charge in [-0.25, -0.2) is 14.2 Å². The lowest BCUT2D eigenvalue weighted by Gasteiger charge is -2.38. The van der Waals surface area contributed by atoms with Crippen LogP contribution in [0.4, 0.5) is 4.39 Å². The molecular formula is C24H24FN2O4+. The Bertz CT molecular complexity index is 1260. The highest BCUT2D eigenvalue weighted by Gasteiger charge is 2.53. The fraction of sp³-hybridized carbons (Fsp3) is 0.417. The summed E-state index contributed by atoms with van der Waals surface area (Å²) in [5, 5.41) is 21.0. The van der Waals surface area contributed by atoms with Gasteiger partial charge in [-0.05, 0) is 49.0 Å². The van der Waals surface area contributed by atoms with E-state index in [0.717, 1.165) is 41.5 Å². The van der Waals surface area contributed by atoms with Gasteiger partial charge in [0.05, 0.1) is 22.5 Å². The predicted molar refractivity (Wildman–Crippen MR) is 113 cm³/mol. The van der Waals surface area contributed by atoms with Crippen molar-refractivity contribution < 1.29 is 24.1 Å². The maximum atomic E-state index is 14.6. The molecule has 1 aliphatic carbocycles. The van der Waals surface area contributed by atoms with Crippen molar-refractivity contribution in [2.45, 2.75) is 57.9 Å². The van der Waals surface area contributed by atoms with Gasteiger partial charge in [-0.15, -0.1) is 0 Å². The van der Waals surface area contributed by atoms with E-state index >= 15 is 0 Å². The highest BCUT2D eigenvalue weighted by molar-refractivity contribution is 5.93. The Kier molecular flexibility index (Phi) is 3.76. The van der Waals surface area contributed by atoms with Crippen LogP contribution in [0, 0.1) is 12.7 Å². The molecule has 0 spiro atoms. The van der Waals surface area contributed by atoms with Crippen LogP contribution >= 0.6 is 0 Å². The number of aliphatic hydroxyl groups excluding tert-OH is 1. The number of pyridine rings is 1. The second-order valence-corrected chi connectivity index (χ2v) is 8.93. The first-order valence-corrected chi connectivity index (χ1v) is 10.8. The summed E-state index contributed by atoms with van der Waals surface area (Å²) in [7, 11) is 0. The topological polar surface area (TPSA) is 85.6 Å². The molecule has 1 unspecified atom stereocenters. The summed E-state index contributed by atoms with van der Waals surface area (Å²) in [4.78, 5) is 19.1. The molecule has 3 N–H and O–H groups in total. The zero-order valence-electron chi connectivity index (χ0n) is 17.5. The highest BCUT2D eigenvalue weighted by Crippen LogP contribution is 2.47. The Labute approximate surface area is 178 Å². The zero-order chi connectivity index (χ0) is 21.7. The molecule has 0 fully saturated rings. The number of carbonyl (C=O) groups excluding carboxylic acids is 1. The second-order valence-electron chi connectivity index (χ2n) is 8.93. The minimum absolute atomic E-state index is 0.0105. The summed E-state index contributed by atoms with van der Waals surface area (Å²) in [5.41, 5.74) is 5.57. The van der Waals surface area contributed by atoms with Gasteiger partial charge in [0.1, 0.15) is 12.4 Å². The van der Waals surface area contributed by atoms with Crippen LogP contribution in [0.1, 0.15) is 47.7 Å². The van der Waals surface area contributed by atoms with Crippen LogP contribution in [0.25, 0.3) is 16.6 Å². The molecule has 31 heavy (non-hydrogen) atoms. The fourth-order valence-electron chi connectivity index (χ4n) is 5.68. The lowest BCUT2D eigenvalue weighted by molar-refractivity contribution is -0.164. The zero-order valence-corrected chi connectivity index (χ0v) is 17.5. The number of carbonyl (C=O) groups is 1. The number of fused-ring (bicyclic) bond motifs is 4. The first-order valence-electron chi connectivity index (χ1n) is 10.8. The van der Waals surface area contributed by atoms with E-state index in [-0.39, 0.29) is 18.8 Å². The average molecular weight is 423 g/mol. The third kappa shape index (κ3) is 2.28. The number of rotatable bonds is 1. The summed E-state index contributed by atoms with van der Waals surface area (Å²) in [5.74, 6) is -0.834. The summed E-state index contributed by atoms with van der Waals surface area (Å²) >= 11 is 0. The highest BCUT2D eigenvalue weighted by atomic mass is 19.1. The largest absolute Gasteiger partial charge is 0.455 e. The molecule has 0 saturated carbocycles. The number of nitrogens with zero attached hydrogens (tertiary/aromatic N) is 2. The Hall–Kier alpha value is -2.77. The van der Waals surface area contributed by atoms with Crippen molar-refractivity contribution in [2.75, 3.05) is 6.61 Å². The van der Waals surface area contributed by atoms with Crippen molar-refractivity contribution in [3.8, 4) is 0 Å². The number of cyclic esters (lactones) is 1. The Morgan fingerprint density at radius 3 is 2.90 bits per heavy atom. The normalized spacial score (nSPS) is 26.5. The van der Waals surface area contributed by atoms with Crippen LogP contribution in [-0.2, 0) is 28.9 Å². The van der Waals surface area contributed by atoms with E-state index in [4.69, 9.17) is 14.8 Å². The molecule has 1 aromatic carbocycles. The fourth-order valence-corrected chi connectivity index (χ4v) is 5.68. The molecule has 1 aromatic heterocycles. The standard InChI is InChI=1S/C24H23FN2O4/c1-3-24(30)16-7-19-21-14(9-27(19)22(28)15(16)10-31-23(24)29)13-6-4-5-12-11(2)17(25)8-18(26-21)20(12)13/h7-8,22,28,30H,3-6,9-10H2,1-2H3/p+1/t22?,24-/m0/s1. The minimum Gasteiger partial charge on any atom is -0.455 e.